The molecule has 0 fully saturated rings. The average Bonchev–Trinajstić information content (AvgIpc) is 2.92. The van der Waals surface area contributed by atoms with Gasteiger partial charge in [-0.2, -0.15) is 10.4 Å². The second-order valence-electron chi connectivity index (χ2n) is 6.49. The van der Waals surface area contributed by atoms with Gasteiger partial charge in [0.2, 0.25) is 0 Å². The minimum Gasteiger partial charge on any atom is -0.452 e. The number of nitrogens with zero attached hydrogens (tertiary/aromatic N) is 4. The lowest BCUT2D eigenvalue weighted by atomic mass is 10.1. The molecule has 0 radical (unpaired) electrons. The van der Waals surface area contributed by atoms with E-state index in [9.17, 15) is 9.59 Å². The summed E-state index contributed by atoms with van der Waals surface area (Å²) in [6.45, 7) is 6.08. The van der Waals surface area contributed by atoms with Gasteiger partial charge in [0, 0.05) is 13.6 Å². The van der Waals surface area contributed by atoms with Crippen molar-refractivity contribution in [3.63, 3.8) is 0 Å². The summed E-state index contributed by atoms with van der Waals surface area (Å²) in [6.07, 6.45) is 0.236. The van der Waals surface area contributed by atoms with Crippen molar-refractivity contribution in [2.75, 3.05) is 20.2 Å². The van der Waals surface area contributed by atoms with Gasteiger partial charge in [0.1, 0.15) is 5.56 Å². The minimum atomic E-state index is -0.567. The third-order valence-electron chi connectivity index (χ3n) is 4.35. The number of hydrogen-bond donors (Lipinski definition) is 0. The van der Waals surface area contributed by atoms with Gasteiger partial charge >= 0.3 is 5.97 Å². The molecule has 2 rings (SSSR count). The molecule has 0 aliphatic carbocycles. The number of rotatable bonds is 7. The molecule has 2 aromatic rings. The number of esters is 1. The zero-order chi connectivity index (χ0) is 20.0. The summed E-state index contributed by atoms with van der Waals surface area (Å²) >= 11 is 0. The van der Waals surface area contributed by atoms with Gasteiger partial charge in [-0.25, -0.2) is 4.79 Å². The van der Waals surface area contributed by atoms with E-state index in [-0.39, 0.29) is 18.9 Å². The Morgan fingerprint density at radius 3 is 2.52 bits per heavy atom. The molecule has 142 valence electrons. The van der Waals surface area contributed by atoms with Gasteiger partial charge in [-0.1, -0.05) is 29.8 Å². The van der Waals surface area contributed by atoms with E-state index in [1.807, 2.05) is 44.2 Å². The van der Waals surface area contributed by atoms with Crippen LogP contribution >= 0.6 is 0 Å². The molecular formula is C20H24N4O3. The van der Waals surface area contributed by atoms with E-state index in [0.717, 1.165) is 5.56 Å². The predicted molar refractivity (Wildman–Crippen MR) is 100 cm³/mol. The molecule has 1 aromatic carbocycles. The highest BCUT2D eigenvalue weighted by atomic mass is 16.5. The van der Waals surface area contributed by atoms with Crippen LogP contribution in [0.5, 0.6) is 0 Å². The number of carbonyl (C=O) groups is 2. The fourth-order valence-corrected chi connectivity index (χ4v) is 2.66. The second-order valence-corrected chi connectivity index (χ2v) is 6.49. The van der Waals surface area contributed by atoms with Gasteiger partial charge < -0.3 is 9.64 Å². The highest BCUT2D eigenvalue weighted by Crippen LogP contribution is 2.16. The molecule has 0 saturated heterocycles. The Morgan fingerprint density at radius 2 is 1.89 bits per heavy atom. The summed E-state index contributed by atoms with van der Waals surface area (Å²) in [5.74, 6) is -0.914. The van der Waals surface area contributed by atoms with Crippen LogP contribution in [-0.4, -0.2) is 46.8 Å². The number of nitriles is 1. The number of ether oxygens (including phenoxy) is 1. The highest BCUT2D eigenvalue weighted by Gasteiger charge is 2.21. The molecule has 0 bridgehead atoms. The number of hydrogen-bond acceptors (Lipinski definition) is 5. The van der Waals surface area contributed by atoms with Crippen LogP contribution in [0.4, 0.5) is 0 Å². The van der Waals surface area contributed by atoms with Gasteiger partial charge in [0.15, 0.2) is 6.61 Å². The molecule has 27 heavy (non-hydrogen) atoms. The maximum absolute atomic E-state index is 12.4. The highest BCUT2D eigenvalue weighted by molar-refractivity contribution is 5.93. The van der Waals surface area contributed by atoms with Crippen LogP contribution in [0, 0.1) is 32.1 Å². The zero-order valence-electron chi connectivity index (χ0n) is 16.2. The quantitative estimate of drug-likeness (QED) is 0.700. The Bertz CT molecular complexity index is 863. The lowest BCUT2D eigenvalue weighted by Crippen LogP contribution is -2.32. The molecule has 0 atom stereocenters. The first-order valence-corrected chi connectivity index (χ1v) is 8.71. The van der Waals surface area contributed by atoms with Crippen molar-refractivity contribution in [1.29, 1.82) is 5.26 Å². The minimum absolute atomic E-state index is 0.236. The molecule has 0 unspecified atom stereocenters. The summed E-state index contributed by atoms with van der Waals surface area (Å²) in [4.78, 5) is 25.8. The number of likely N-dealkylation sites (N-methyl/N-ethyl adjacent to an activating group) is 1. The van der Waals surface area contributed by atoms with Gasteiger partial charge in [0.05, 0.1) is 30.4 Å². The van der Waals surface area contributed by atoms with Crippen molar-refractivity contribution in [1.82, 2.24) is 14.7 Å². The number of aromatic nitrogens is 2. The molecule has 1 aromatic heterocycles. The van der Waals surface area contributed by atoms with E-state index in [0.29, 0.717) is 30.0 Å². The first-order valence-electron chi connectivity index (χ1n) is 8.71. The topological polar surface area (TPSA) is 88.2 Å². The van der Waals surface area contributed by atoms with E-state index in [2.05, 4.69) is 5.10 Å². The molecule has 7 nitrogen and oxygen atoms in total. The van der Waals surface area contributed by atoms with E-state index in [1.165, 1.54) is 10.5 Å². The standard InChI is InChI=1S/C20H24N4O3/c1-14-6-8-17(9-7-14)12-24-16(3)19(15(2)22-24)20(26)27-13-18(25)23(4)11-5-10-21/h6-9H,5,11-13H2,1-4H3. The summed E-state index contributed by atoms with van der Waals surface area (Å²) < 4.78 is 6.93. The van der Waals surface area contributed by atoms with E-state index >= 15 is 0 Å². The summed E-state index contributed by atoms with van der Waals surface area (Å²) in [7, 11) is 1.57. The third kappa shape index (κ3) is 5.17. The van der Waals surface area contributed by atoms with Crippen LogP contribution in [0.15, 0.2) is 24.3 Å². The first-order chi connectivity index (χ1) is 12.8. The van der Waals surface area contributed by atoms with E-state index in [4.69, 9.17) is 10.00 Å². The van der Waals surface area contributed by atoms with Crippen molar-refractivity contribution in [2.24, 2.45) is 0 Å². The van der Waals surface area contributed by atoms with Crippen molar-refractivity contribution in [3.8, 4) is 6.07 Å². The van der Waals surface area contributed by atoms with E-state index < -0.39 is 5.97 Å². The Kier molecular flexibility index (Phi) is 6.72. The van der Waals surface area contributed by atoms with Crippen LogP contribution < -0.4 is 0 Å². The molecule has 0 aliphatic heterocycles. The molecule has 1 amide bonds. The van der Waals surface area contributed by atoms with Gasteiger partial charge in [-0.15, -0.1) is 0 Å². The predicted octanol–water partition coefficient (Wildman–Crippen LogP) is 2.39. The monoisotopic (exact) mass is 368 g/mol. The maximum Gasteiger partial charge on any atom is 0.342 e. The molecule has 7 heteroatoms. The molecule has 1 heterocycles. The second kappa shape index (κ2) is 8.99. The smallest absolute Gasteiger partial charge is 0.342 e. The summed E-state index contributed by atoms with van der Waals surface area (Å²) in [5.41, 5.74) is 3.91. The van der Waals surface area contributed by atoms with E-state index in [1.54, 1.807) is 18.7 Å². The Morgan fingerprint density at radius 1 is 1.22 bits per heavy atom. The van der Waals surface area contributed by atoms with Crippen LogP contribution in [0.1, 0.15) is 39.3 Å². The summed E-state index contributed by atoms with van der Waals surface area (Å²) in [6, 6.07) is 10.1. The average molecular weight is 368 g/mol. The van der Waals surface area contributed by atoms with Crippen LogP contribution in [-0.2, 0) is 16.1 Å². The number of benzene rings is 1. The fraction of sp³-hybridized carbons (Fsp3) is 0.400. The Labute approximate surface area is 159 Å². The zero-order valence-corrected chi connectivity index (χ0v) is 16.2. The third-order valence-corrected chi connectivity index (χ3v) is 4.35. The lowest BCUT2D eigenvalue weighted by Gasteiger charge is -2.15. The van der Waals surface area contributed by atoms with Crippen molar-refractivity contribution in [3.05, 3.63) is 52.3 Å². The lowest BCUT2D eigenvalue weighted by molar-refractivity contribution is -0.133. The van der Waals surface area contributed by atoms with Crippen LogP contribution in [0.2, 0.25) is 0 Å². The van der Waals surface area contributed by atoms with Gasteiger partial charge in [-0.3, -0.25) is 9.48 Å². The molecule has 0 N–H and O–H groups in total. The number of aryl methyl sites for hydroxylation is 2. The molecule has 0 aliphatic rings. The van der Waals surface area contributed by atoms with Gasteiger partial charge in [0.25, 0.3) is 5.91 Å². The van der Waals surface area contributed by atoms with Crippen LogP contribution in [0.3, 0.4) is 0 Å². The summed E-state index contributed by atoms with van der Waals surface area (Å²) in [5, 5.41) is 13.0. The van der Waals surface area contributed by atoms with Crippen LogP contribution in [0.25, 0.3) is 0 Å². The van der Waals surface area contributed by atoms with Crippen molar-refractivity contribution in [2.45, 2.75) is 33.7 Å². The SMILES string of the molecule is Cc1ccc(Cn2nc(C)c(C(=O)OCC(=O)N(C)CCC#N)c2C)cc1. The van der Waals surface area contributed by atoms with Gasteiger partial charge in [-0.05, 0) is 26.3 Å². The largest absolute Gasteiger partial charge is 0.452 e. The molecular weight excluding hydrogens is 344 g/mol. The first kappa shape index (κ1) is 20.2. The Hall–Kier alpha value is -3.14. The normalized spacial score (nSPS) is 10.3. The number of carbonyl (C=O) groups excluding carboxylic acids is 2. The molecule has 0 spiro atoms. The van der Waals surface area contributed by atoms with Crippen molar-refractivity contribution >= 4 is 11.9 Å². The molecule has 0 saturated carbocycles. The maximum atomic E-state index is 12.4. The fourth-order valence-electron chi connectivity index (χ4n) is 2.66. The van der Waals surface area contributed by atoms with Crippen molar-refractivity contribution < 1.29 is 14.3 Å². The Balaban J connectivity index is 2.04. The number of amides is 1.